The molecule has 0 radical (unpaired) electrons. The number of hydrogen-bond acceptors (Lipinski definition) is 2. The van der Waals surface area contributed by atoms with E-state index in [-0.39, 0.29) is 23.3 Å². The molecule has 0 heterocycles. The van der Waals surface area contributed by atoms with Crippen molar-refractivity contribution in [2.45, 2.75) is 33.1 Å². The third kappa shape index (κ3) is 8.15. The molecule has 1 atom stereocenters. The average molecular weight is 366 g/mol. The van der Waals surface area contributed by atoms with Crippen molar-refractivity contribution < 1.29 is 40.8 Å². The molecule has 6 heteroatoms. The van der Waals surface area contributed by atoms with Crippen molar-refractivity contribution in [3.05, 3.63) is 60.9 Å². The zero-order chi connectivity index (χ0) is 18.4. The van der Waals surface area contributed by atoms with Crippen LogP contribution in [0.4, 0.5) is 0 Å². The van der Waals surface area contributed by atoms with Crippen LogP contribution in [-0.4, -0.2) is 12.6 Å². The van der Waals surface area contributed by atoms with E-state index in [0.29, 0.717) is 12.5 Å². The molecule has 5 nitrogen and oxygen atoms in total. The molecule has 1 aliphatic carbocycles. The van der Waals surface area contributed by atoms with Gasteiger partial charge in [-0.05, 0) is 42.9 Å². The van der Waals surface area contributed by atoms with Gasteiger partial charge >= 0.3 is 39.9 Å². The molecule has 0 fully saturated rings. The Balaban J connectivity index is -0.000000569. The number of benzene rings is 1. The molecule has 1 aliphatic rings. The fourth-order valence-electron chi connectivity index (χ4n) is 2.39. The van der Waals surface area contributed by atoms with E-state index in [4.69, 9.17) is 18.7 Å². The molecule has 2 rings (SSSR count). The van der Waals surface area contributed by atoms with Gasteiger partial charge in [0, 0.05) is 23.4 Å². The van der Waals surface area contributed by atoms with E-state index in [9.17, 15) is 4.79 Å². The van der Waals surface area contributed by atoms with Gasteiger partial charge in [0.1, 0.15) is 0 Å². The van der Waals surface area contributed by atoms with Crippen molar-refractivity contribution in [1.29, 1.82) is 0 Å². The van der Waals surface area contributed by atoms with Crippen molar-refractivity contribution in [3.8, 4) is 0 Å². The Bertz CT molecular complexity index is 585. The maximum Gasteiger partial charge on any atom is 0 e. The Kier molecular flexibility index (Phi) is 18.1. The first-order valence-corrected chi connectivity index (χ1v) is 6.71. The molecule has 0 spiro atoms. The van der Waals surface area contributed by atoms with E-state index in [1.165, 1.54) is 16.7 Å². The van der Waals surface area contributed by atoms with E-state index >= 15 is 0 Å². The number of esters is 1. The standard InChI is InChI=1S/C15H18O2.3CO.Cr/c1-4-17-15(16)9-12-8-11(3)13-6-5-10(2)7-14(12)13;3*1-2;/h5-7,9,11H,4,8H2,1-3H3;;;;/b12-9+;;;;. The Morgan fingerprint density at radius 1 is 1.25 bits per heavy atom. The molecule has 1 aromatic carbocycles. The molecular weight excluding hydrogens is 348 g/mol. The van der Waals surface area contributed by atoms with Crippen LogP contribution >= 0.6 is 0 Å². The average Bonchev–Trinajstić information content (AvgIpc) is 2.88. The van der Waals surface area contributed by atoms with Gasteiger partial charge in [-0.3, -0.25) is 0 Å². The van der Waals surface area contributed by atoms with Gasteiger partial charge in [-0.2, -0.15) is 0 Å². The van der Waals surface area contributed by atoms with E-state index in [1.54, 1.807) is 6.08 Å². The van der Waals surface area contributed by atoms with Gasteiger partial charge in [-0.15, -0.1) is 0 Å². The molecule has 0 N–H and O–H groups in total. The van der Waals surface area contributed by atoms with Crippen LogP contribution in [0.2, 0.25) is 0 Å². The summed E-state index contributed by atoms with van der Waals surface area (Å²) >= 11 is 0. The Labute approximate surface area is 153 Å². The first kappa shape index (κ1) is 27.0. The summed E-state index contributed by atoms with van der Waals surface area (Å²) in [6.45, 7) is 20.0. The second kappa shape index (κ2) is 16.1. The van der Waals surface area contributed by atoms with Crippen molar-refractivity contribution in [1.82, 2.24) is 0 Å². The Hall–Kier alpha value is -1.82. The monoisotopic (exact) mass is 366 g/mol. The maximum absolute atomic E-state index is 11.5. The molecule has 1 unspecified atom stereocenters. The van der Waals surface area contributed by atoms with Crippen LogP contribution in [0.25, 0.3) is 5.57 Å². The topological polar surface area (TPSA) is 86.0 Å². The third-order valence-electron chi connectivity index (χ3n) is 3.19. The minimum Gasteiger partial charge on any atom is 0 e. The second-order valence-electron chi connectivity index (χ2n) is 4.62. The van der Waals surface area contributed by atoms with Crippen molar-refractivity contribution in [2.24, 2.45) is 0 Å². The summed E-state index contributed by atoms with van der Waals surface area (Å²) in [5.41, 5.74) is 4.89. The number of carbonyl (C=O) groups is 1. The summed E-state index contributed by atoms with van der Waals surface area (Å²) < 4.78 is 27.5. The van der Waals surface area contributed by atoms with Crippen LogP contribution in [-0.2, 0) is 40.8 Å². The van der Waals surface area contributed by atoms with Crippen molar-refractivity contribution >= 4 is 11.5 Å². The largest absolute Gasteiger partial charge is 0 e. The fourth-order valence-corrected chi connectivity index (χ4v) is 2.39. The molecule has 24 heavy (non-hydrogen) atoms. The molecule has 1 aromatic rings. The van der Waals surface area contributed by atoms with E-state index in [2.05, 4.69) is 52.0 Å². The van der Waals surface area contributed by atoms with Gasteiger partial charge < -0.3 is 4.74 Å². The summed E-state index contributed by atoms with van der Waals surface area (Å²) in [7, 11) is 0. The fraction of sp³-hybridized carbons (Fsp3) is 0.333. The molecule has 0 bridgehead atoms. The minimum atomic E-state index is -0.232. The normalized spacial score (nSPS) is 14.7. The van der Waals surface area contributed by atoms with Crippen molar-refractivity contribution in [3.63, 3.8) is 0 Å². The van der Waals surface area contributed by atoms with Crippen LogP contribution in [0.1, 0.15) is 42.9 Å². The van der Waals surface area contributed by atoms with Gasteiger partial charge in [0.2, 0.25) is 0 Å². The molecule has 0 aliphatic heterocycles. The van der Waals surface area contributed by atoms with Crippen LogP contribution in [0, 0.1) is 26.9 Å². The predicted octanol–water partition coefficient (Wildman–Crippen LogP) is 3.33. The van der Waals surface area contributed by atoms with Crippen LogP contribution in [0.15, 0.2) is 24.3 Å². The SMILES string of the molecule is CCOC(=O)/C=C1\CC(C)c2ccc(C)cc21.[C-]#[O+].[C-]#[O+].[C-]#[O+].[Cr]. The van der Waals surface area contributed by atoms with E-state index in [1.807, 2.05) is 6.92 Å². The Morgan fingerprint density at radius 3 is 2.29 bits per heavy atom. The smallest absolute Gasteiger partial charge is 0 e. The third-order valence-corrected chi connectivity index (χ3v) is 3.19. The van der Waals surface area contributed by atoms with Crippen LogP contribution < -0.4 is 0 Å². The number of aryl methyl sites for hydroxylation is 1. The molecule has 0 saturated carbocycles. The van der Waals surface area contributed by atoms with Crippen LogP contribution in [0.5, 0.6) is 0 Å². The minimum absolute atomic E-state index is 0. The summed E-state index contributed by atoms with van der Waals surface area (Å²) in [5, 5.41) is 0. The molecule has 0 aromatic heterocycles. The number of rotatable bonds is 2. The predicted molar refractivity (Wildman–Crippen MR) is 80.6 cm³/mol. The maximum atomic E-state index is 11.5. The first-order chi connectivity index (χ1) is 11.1. The van der Waals surface area contributed by atoms with Gasteiger partial charge in [-0.1, -0.05) is 30.7 Å². The second-order valence-corrected chi connectivity index (χ2v) is 4.62. The molecule has 0 saturated heterocycles. The van der Waals surface area contributed by atoms with Crippen molar-refractivity contribution in [2.75, 3.05) is 6.61 Å². The Morgan fingerprint density at radius 2 is 1.79 bits per heavy atom. The number of hydrogen-bond donors (Lipinski definition) is 0. The quantitative estimate of drug-likeness (QED) is 0.348. The summed E-state index contributed by atoms with van der Waals surface area (Å²) in [6.07, 6.45) is 2.57. The zero-order valence-electron chi connectivity index (χ0n) is 13.8. The number of ether oxygens (including phenoxy) is 1. The van der Waals surface area contributed by atoms with Gasteiger partial charge in [0.25, 0.3) is 0 Å². The molecule has 0 amide bonds. The first-order valence-electron chi connectivity index (χ1n) is 6.71. The molecular formula is C18H18CrO5. The summed E-state index contributed by atoms with van der Waals surface area (Å²) in [4.78, 5) is 11.5. The zero-order valence-corrected chi connectivity index (χ0v) is 15.0. The number of fused-ring (bicyclic) bond motifs is 1. The summed E-state index contributed by atoms with van der Waals surface area (Å²) in [6, 6.07) is 6.45. The van der Waals surface area contributed by atoms with Crippen LogP contribution in [0.3, 0.4) is 0 Å². The van der Waals surface area contributed by atoms with E-state index in [0.717, 1.165) is 12.0 Å². The van der Waals surface area contributed by atoms with Gasteiger partial charge in [0.05, 0.1) is 6.61 Å². The molecule has 126 valence electrons. The van der Waals surface area contributed by atoms with Gasteiger partial charge in [-0.25, -0.2) is 4.79 Å². The number of carbonyl (C=O) groups excluding carboxylic acids is 1. The van der Waals surface area contributed by atoms with E-state index < -0.39 is 0 Å². The number of allylic oxidation sites excluding steroid dienone is 1. The van der Waals surface area contributed by atoms with Gasteiger partial charge in [0.15, 0.2) is 0 Å². The summed E-state index contributed by atoms with van der Waals surface area (Å²) in [5.74, 6) is 0.260.